The van der Waals surface area contributed by atoms with Crippen LogP contribution in [0.5, 0.6) is 5.75 Å². The Morgan fingerprint density at radius 2 is 1.72 bits per heavy atom. The summed E-state index contributed by atoms with van der Waals surface area (Å²) < 4.78 is 8.25. The van der Waals surface area contributed by atoms with Crippen molar-refractivity contribution in [3.63, 3.8) is 0 Å². The van der Waals surface area contributed by atoms with Crippen LogP contribution in [-0.2, 0) is 6.54 Å². The highest BCUT2D eigenvalue weighted by molar-refractivity contribution is 9.10. The maximum Gasteiger partial charge on any atom is 0.160 e. The number of hydrogen-bond acceptors (Lipinski definition) is 5. The van der Waals surface area contributed by atoms with Crippen LogP contribution in [0, 0.1) is 0 Å². The normalized spacial score (nSPS) is 15.8. The van der Waals surface area contributed by atoms with E-state index in [4.69, 9.17) is 4.74 Å². The molecule has 0 bridgehead atoms. The molecule has 6 nitrogen and oxygen atoms in total. The van der Waals surface area contributed by atoms with Gasteiger partial charge in [-0.3, -0.25) is 4.90 Å². The summed E-state index contributed by atoms with van der Waals surface area (Å²) in [7, 11) is 1.68. The first-order valence-corrected chi connectivity index (χ1v) is 10.8. The Balaban J connectivity index is 1.60. The van der Waals surface area contributed by atoms with E-state index < -0.39 is 0 Å². The third-order valence-electron chi connectivity index (χ3n) is 5.63. The Hall–Kier alpha value is -2.12. The van der Waals surface area contributed by atoms with Crippen LogP contribution < -0.4 is 9.64 Å². The molecule has 3 aromatic rings. The van der Waals surface area contributed by atoms with Crippen molar-refractivity contribution in [2.24, 2.45) is 0 Å². The molecule has 1 aliphatic heterocycles. The van der Waals surface area contributed by atoms with Crippen LogP contribution in [0.15, 0.2) is 41.1 Å². The average Bonchev–Trinajstić information content (AvgIpc) is 3.10. The van der Waals surface area contributed by atoms with Crippen molar-refractivity contribution in [1.82, 2.24) is 19.7 Å². The van der Waals surface area contributed by atoms with Crippen LogP contribution in [0.1, 0.15) is 26.3 Å². The van der Waals surface area contributed by atoms with E-state index in [1.807, 2.05) is 29.2 Å². The fourth-order valence-corrected chi connectivity index (χ4v) is 4.50. The molecule has 0 spiro atoms. The van der Waals surface area contributed by atoms with Gasteiger partial charge in [0, 0.05) is 37.9 Å². The van der Waals surface area contributed by atoms with Gasteiger partial charge in [-0.05, 0) is 54.4 Å². The third kappa shape index (κ3) is 4.12. The smallest absolute Gasteiger partial charge is 0.160 e. The van der Waals surface area contributed by atoms with Crippen molar-refractivity contribution in [1.29, 1.82) is 0 Å². The highest BCUT2D eigenvalue weighted by Crippen LogP contribution is 2.34. The standard InChI is InChI=1S/C22H28BrN5O/c1-22(2,3)27-11-9-26(10-12-27)20-18-13-25-28(21(18)24-14-19(20)23)15-16-5-7-17(29-4)8-6-16/h5-8,13-14H,9-12,15H2,1-4H3. The van der Waals surface area contributed by atoms with E-state index >= 15 is 0 Å². The first kappa shape index (κ1) is 20.2. The van der Waals surface area contributed by atoms with Crippen LogP contribution in [0.4, 0.5) is 5.69 Å². The Morgan fingerprint density at radius 3 is 2.34 bits per heavy atom. The summed E-state index contributed by atoms with van der Waals surface area (Å²) in [6.45, 7) is 11.6. The molecule has 29 heavy (non-hydrogen) atoms. The molecule has 0 unspecified atom stereocenters. The molecule has 3 heterocycles. The molecule has 0 aliphatic carbocycles. The van der Waals surface area contributed by atoms with Gasteiger partial charge in [-0.2, -0.15) is 5.10 Å². The zero-order valence-corrected chi connectivity index (χ0v) is 19.1. The number of rotatable bonds is 4. The topological polar surface area (TPSA) is 46.4 Å². The molecule has 0 atom stereocenters. The number of benzene rings is 1. The molecule has 1 aliphatic rings. The minimum Gasteiger partial charge on any atom is -0.497 e. The molecular formula is C22H28BrN5O. The summed E-state index contributed by atoms with van der Waals surface area (Å²) in [4.78, 5) is 9.67. The molecule has 0 amide bonds. The van der Waals surface area contributed by atoms with Gasteiger partial charge in [0.1, 0.15) is 5.75 Å². The summed E-state index contributed by atoms with van der Waals surface area (Å²) in [6, 6.07) is 8.09. The van der Waals surface area contributed by atoms with Crippen molar-refractivity contribution in [3.05, 3.63) is 46.7 Å². The number of hydrogen-bond donors (Lipinski definition) is 0. The second-order valence-corrected chi connectivity index (χ2v) is 9.34. The van der Waals surface area contributed by atoms with E-state index in [0.717, 1.165) is 47.4 Å². The number of ether oxygens (including phenoxy) is 1. The highest BCUT2D eigenvalue weighted by atomic mass is 79.9. The number of halogens is 1. The second kappa shape index (κ2) is 7.95. The van der Waals surface area contributed by atoms with E-state index in [2.05, 4.69) is 68.7 Å². The minimum absolute atomic E-state index is 0.208. The summed E-state index contributed by atoms with van der Waals surface area (Å²) in [5.41, 5.74) is 3.49. The summed E-state index contributed by atoms with van der Waals surface area (Å²) >= 11 is 3.73. The molecule has 1 fully saturated rings. The zero-order chi connectivity index (χ0) is 20.6. The molecule has 154 valence electrons. The van der Waals surface area contributed by atoms with Gasteiger partial charge in [0.15, 0.2) is 5.65 Å². The first-order valence-electron chi connectivity index (χ1n) is 10.00. The van der Waals surface area contributed by atoms with E-state index in [-0.39, 0.29) is 5.54 Å². The Kier molecular flexibility index (Phi) is 5.53. The Bertz CT molecular complexity index is 985. The third-order valence-corrected chi connectivity index (χ3v) is 6.21. The SMILES string of the molecule is COc1ccc(Cn2ncc3c(N4CCN(C(C)(C)C)CC4)c(Br)cnc32)cc1. The van der Waals surface area contributed by atoms with Crippen molar-refractivity contribution in [3.8, 4) is 5.75 Å². The number of aromatic nitrogens is 3. The van der Waals surface area contributed by atoms with E-state index in [9.17, 15) is 0 Å². The number of piperazine rings is 1. The molecule has 4 rings (SSSR count). The lowest BCUT2D eigenvalue weighted by atomic mass is 10.0. The van der Waals surface area contributed by atoms with Gasteiger partial charge in [-0.25, -0.2) is 9.67 Å². The lowest BCUT2D eigenvalue weighted by Gasteiger charge is -2.43. The maximum absolute atomic E-state index is 5.25. The molecule has 1 saturated heterocycles. The van der Waals surface area contributed by atoms with Gasteiger partial charge >= 0.3 is 0 Å². The molecule has 2 aromatic heterocycles. The van der Waals surface area contributed by atoms with Gasteiger partial charge in [0.05, 0.1) is 35.4 Å². The molecule has 1 aromatic carbocycles. The number of methoxy groups -OCH3 is 1. The molecule has 0 N–H and O–H groups in total. The number of anilines is 1. The Labute approximate surface area is 180 Å². The van der Waals surface area contributed by atoms with Gasteiger partial charge in [-0.1, -0.05) is 12.1 Å². The van der Waals surface area contributed by atoms with Crippen LogP contribution in [-0.4, -0.2) is 58.5 Å². The summed E-state index contributed by atoms with van der Waals surface area (Å²) in [6.07, 6.45) is 3.85. The maximum atomic E-state index is 5.25. The van der Waals surface area contributed by atoms with Crippen LogP contribution in [0.25, 0.3) is 11.0 Å². The number of nitrogens with zero attached hydrogens (tertiary/aromatic N) is 5. The van der Waals surface area contributed by atoms with Gasteiger partial charge < -0.3 is 9.64 Å². The van der Waals surface area contributed by atoms with E-state index in [1.165, 1.54) is 11.3 Å². The Morgan fingerprint density at radius 1 is 1.03 bits per heavy atom. The van der Waals surface area contributed by atoms with Crippen LogP contribution in [0.2, 0.25) is 0 Å². The van der Waals surface area contributed by atoms with Crippen molar-refractivity contribution >= 4 is 32.7 Å². The average molecular weight is 458 g/mol. The van der Waals surface area contributed by atoms with E-state index in [0.29, 0.717) is 6.54 Å². The summed E-state index contributed by atoms with van der Waals surface area (Å²) in [5, 5.41) is 5.74. The number of pyridine rings is 1. The predicted molar refractivity (Wildman–Crippen MR) is 121 cm³/mol. The fourth-order valence-electron chi connectivity index (χ4n) is 3.93. The quantitative estimate of drug-likeness (QED) is 0.588. The fraction of sp³-hybridized carbons (Fsp3) is 0.455. The van der Waals surface area contributed by atoms with Crippen LogP contribution >= 0.6 is 15.9 Å². The van der Waals surface area contributed by atoms with Crippen LogP contribution in [0.3, 0.4) is 0 Å². The minimum atomic E-state index is 0.208. The summed E-state index contributed by atoms with van der Waals surface area (Å²) in [5.74, 6) is 0.859. The molecule has 0 radical (unpaired) electrons. The molecular weight excluding hydrogens is 430 g/mol. The second-order valence-electron chi connectivity index (χ2n) is 8.49. The number of fused-ring (bicyclic) bond motifs is 1. The van der Waals surface area contributed by atoms with Crippen molar-refractivity contribution < 1.29 is 4.74 Å². The monoisotopic (exact) mass is 457 g/mol. The van der Waals surface area contributed by atoms with Crippen molar-refractivity contribution in [2.75, 3.05) is 38.2 Å². The lowest BCUT2D eigenvalue weighted by Crippen LogP contribution is -2.53. The first-order chi connectivity index (χ1) is 13.9. The zero-order valence-electron chi connectivity index (χ0n) is 17.5. The highest BCUT2D eigenvalue weighted by Gasteiger charge is 2.28. The molecule has 7 heteroatoms. The van der Waals surface area contributed by atoms with Gasteiger partial charge in [0.2, 0.25) is 0 Å². The molecule has 0 saturated carbocycles. The van der Waals surface area contributed by atoms with Crippen molar-refractivity contribution in [2.45, 2.75) is 32.9 Å². The largest absolute Gasteiger partial charge is 0.497 e. The predicted octanol–water partition coefficient (Wildman–Crippen LogP) is 4.17. The lowest BCUT2D eigenvalue weighted by molar-refractivity contribution is 0.128. The van der Waals surface area contributed by atoms with Gasteiger partial charge in [0.25, 0.3) is 0 Å². The van der Waals surface area contributed by atoms with Gasteiger partial charge in [-0.15, -0.1) is 0 Å². The van der Waals surface area contributed by atoms with E-state index in [1.54, 1.807) is 7.11 Å².